The minimum absolute atomic E-state index is 0.125. The van der Waals surface area contributed by atoms with Crippen LogP contribution < -0.4 is 0 Å². The maximum absolute atomic E-state index is 12.4. The lowest BCUT2D eigenvalue weighted by molar-refractivity contribution is 0.303. The fraction of sp³-hybridized carbons (Fsp3) is 0.643. The number of halogens is 1. The molecule has 1 aliphatic rings. The molecule has 1 aromatic rings. The summed E-state index contributed by atoms with van der Waals surface area (Å²) >= 11 is 5.75. The van der Waals surface area contributed by atoms with E-state index in [0.717, 1.165) is 31.7 Å². The van der Waals surface area contributed by atoms with E-state index >= 15 is 0 Å². The van der Waals surface area contributed by atoms with Crippen LogP contribution in [0.1, 0.15) is 12.1 Å². The van der Waals surface area contributed by atoms with Gasteiger partial charge in [-0.05, 0) is 25.1 Å². The van der Waals surface area contributed by atoms with Crippen molar-refractivity contribution in [2.75, 3.05) is 44.4 Å². The van der Waals surface area contributed by atoms with Crippen LogP contribution in [0.2, 0.25) is 0 Å². The number of aryl methyl sites for hydroxylation is 1. The van der Waals surface area contributed by atoms with Crippen molar-refractivity contribution in [3.8, 4) is 0 Å². The van der Waals surface area contributed by atoms with Gasteiger partial charge in [0, 0.05) is 50.4 Å². The van der Waals surface area contributed by atoms with Gasteiger partial charge >= 0.3 is 0 Å². The number of rotatable bonds is 6. The molecule has 2 rings (SSSR count). The first kappa shape index (κ1) is 16.7. The third-order valence-corrected chi connectivity index (χ3v) is 5.72. The van der Waals surface area contributed by atoms with E-state index in [9.17, 15) is 8.42 Å². The van der Waals surface area contributed by atoms with Crippen molar-refractivity contribution in [3.63, 3.8) is 0 Å². The normalized spacial score (nSPS) is 18.5. The van der Waals surface area contributed by atoms with Crippen molar-refractivity contribution in [2.24, 2.45) is 0 Å². The Labute approximate surface area is 132 Å². The Morgan fingerprint density at radius 2 is 2.05 bits per heavy atom. The van der Waals surface area contributed by atoms with Crippen LogP contribution in [-0.4, -0.2) is 67.0 Å². The molecule has 0 spiro atoms. The Bertz CT molecular complexity index is 524. The van der Waals surface area contributed by atoms with E-state index in [1.807, 2.05) is 18.2 Å². The fourth-order valence-electron chi connectivity index (χ4n) is 2.48. The topological polar surface area (TPSA) is 53.5 Å². The summed E-state index contributed by atoms with van der Waals surface area (Å²) in [6.07, 6.45) is 3.02. The third kappa shape index (κ3) is 5.21. The molecule has 0 saturated carbocycles. The predicted octanol–water partition coefficient (Wildman–Crippen LogP) is 1.20. The fourth-order valence-corrected chi connectivity index (χ4v) is 4.21. The van der Waals surface area contributed by atoms with Crippen LogP contribution in [0.5, 0.6) is 0 Å². The summed E-state index contributed by atoms with van der Waals surface area (Å²) in [7, 11) is -3.21. The summed E-state index contributed by atoms with van der Waals surface area (Å²) in [6, 6.07) is 5.57. The van der Waals surface area contributed by atoms with Gasteiger partial charge in [0.15, 0.2) is 0 Å². The average molecular weight is 332 g/mol. The molecule has 0 atom stereocenters. The summed E-state index contributed by atoms with van der Waals surface area (Å²) in [6.45, 7) is 3.66. The molecule has 0 N–H and O–H groups in total. The van der Waals surface area contributed by atoms with Crippen LogP contribution in [0.25, 0.3) is 0 Å². The van der Waals surface area contributed by atoms with Crippen LogP contribution in [-0.2, 0) is 16.4 Å². The molecule has 21 heavy (non-hydrogen) atoms. The first-order valence-electron chi connectivity index (χ1n) is 7.28. The zero-order valence-electron chi connectivity index (χ0n) is 12.1. The molecule has 1 fully saturated rings. The quantitative estimate of drug-likeness (QED) is 0.735. The average Bonchev–Trinajstić information content (AvgIpc) is 2.73. The van der Waals surface area contributed by atoms with Gasteiger partial charge in [-0.1, -0.05) is 6.07 Å². The number of nitrogens with zero attached hydrogens (tertiary/aromatic N) is 3. The molecule has 0 aliphatic carbocycles. The van der Waals surface area contributed by atoms with Gasteiger partial charge in [0.05, 0.1) is 5.75 Å². The highest BCUT2D eigenvalue weighted by atomic mass is 35.5. The molecular weight excluding hydrogens is 310 g/mol. The Morgan fingerprint density at radius 3 is 2.76 bits per heavy atom. The molecule has 7 heteroatoms. The van der Waals surface area contributed by atoms with Crippen molar-refractivity contribution in [3.05, 3.63) is 30.1 Å². The van der Waals surface area contributed by atoms with Crippen LogP contribution in [0.3, 0.4) is 0 Å². The molecule has 0 aromatic carbocycles. The molecule has 0 radical (unpaired) electrons. The van der Waals surface area contributed by atoms with E-state index in [1.54, 1.807) is 10.5 Å². The minimum Gasteiger partial charge on any atom is -0.301 e. The van der Waals surface area contributed by atoms with Crippen molar-refractivity contribution >= 4 is 21.6 Å². The molecule has 0 amide bonds. The molecule has 2 heterocycles. The number of pyridine rings is 1. The van der Waals surface area contributed by atoms with Crippen molar-refractivity contribution < 1.29 is 8.42 Å². The Balaban J connectivity index is 1.90. The number of aromatic nitrogens is 1. The van der Waals surface area contributed by atoms with E-state index < -0.39 is 10.0 Å². The molecule has 118 valence electrons. The number of hydrogen-bond acceptors (Lipinski definition) is 4. The summed E-state index contributed by atoms with van der Waals surface area (Å²) in [5, 5.41) is 0. The van der Waals surface area contributed by atoms with E-state index in [-0.39, 0.29) is 5.75 Å². The zero-order valence-corrected chi connectivity index (χ0v) is 13.7. The van der Waals surface area contributed by atoms with Gasteiger partial charge in [-0.3, -0.25) is 4.98 Å². The maximum Gasteiger partial charge on any atom is 0.214 e. The number of hydrogen-bond donors (Lipinski definition) is 0. The monoisotopic (exact) mass is 331 g/mol. The predicted molar refractivity (Wildman–Crippen MR) is 85.1 cm³/mol. The number of alkyl halides is 1. The first-order valence-corrected chi connectivity index (χ1v) is 9.42. The second-order valence-electron chi connectivity index (χ2n) is 5.17. The molecule has 0 unspecified atom stereocenters. The molecule has 0 bridgehead atoms. The Hall–Kier alpha value is -0.690. The first-order chi connectivity index (χ1) is 10.1. The zero-order chi connectivity index (χ0) is 15.1. The highest BCUT2D eigenvalue weighted by Gasteiger charge is 2.24. The van der Waals surface area contributed by atoms with Gasteiger partial charge in [0.2, 0.25) is 10.0 Å². The molecule has 5 nitrogen and oxygen atoms in total. The lowest BCUT2D eigenvalue weighted by atomic mass is 10.3. The molecular formula is C14H22ClN3O2S. The van der Waals surface area contributed by atoms with Gasteiger partial charge in [-0.25, -0.2) is 12.7 Å². The summed E-state index contributed by atoms with van der Waals surface area (Å²) in [5.41, 5.74) is 0.819. The van der Waals surface area contributed by atoms with Gasteiger partial charge in [0.25, 0.3) is 0 Å². The minimum atomic E-state index is -3.21. The van der Waals surface area contributed by atoms with Crippen LogP contribution in [0.4, 0.5) is 0 Å². The lowest BCUT2D eigenvalue weighted by Crippen LogP contribution is -2.37. The standard InChI is InChI=1S/C14H22ClN3O2S/c15-6-10-17-8-3-9-18(12-11-17)21(19,20)13-5-14-4-1-2-7-16-14/h1-2,4,7H,3,5-6,8-13H2. The van der Waals surface area contributed by atoms with E-state index in [4.69, 9.17) is 11.6 Å². The van der Waals surface area contributed by atoms with Crippen LogP contribution in [0.15, 0.2) is 24.4 Å². The highest BCUT2D eigenvalue weighted by Crippen LogP contribution is 2.10. The Kier molecular flexibility index (Phi) is 6.41. The van der Waals surface area contributed by atoms with Crippen molar-refractivity contribution in [2.45, 2.75) is 12.8 Å². The van der Waals surface area contributed by atoms with Crippen molar-refractivity contribution in [1.29, 1.82) is 0 Å². The molecule has 1 aromatic heterocycles. The third-order valence-electron chi connectivity index (χ3n) is 3.68. The van der Waals surface area contributed by atoms with Gasteiger partial charge in [-0.2, -0.15) is 0 Å². The molecule has 1 saturated heterocycles. The second kappa shape index (κ2) is 8.08. The van der Waals surface area contributed by atoms with Crippen molar-refractivity contribution in [1.82, 2.24) is 14.2 Å². The van der Waals surface area contributed by atoms with E-state index in [0.29, 0.717) is 25.4 Å². The van der Waals surface area contributed by atoms with Gasteiger partial charge in [0.1, 0.15) is 0 Å². The van der Waals surface area contributed by atoms with Crippen LogP contribution in [0, 0.1) is 0 Å². The number of sulfonamides is 1. The van der Waals surface area contributed by atoms with E-state index in [1.165, 1.54) is 0 Å². The van der Waals surface area contributed by atoms with Crippen LogP contribution >= 0.6 is 11.6 Å². The largest absolute Gasteiger partial charge is 0.301 e. The summed E-state index contributed by atoms with van der Waals surface area (Å²) in [4.78, 5) is 6.40. The molecule has 1 aliphatic heterocycles. The smallest absolute Gasteiger partial charge is 0.214 e. The maximum atomic E-state index is 12.4. The Morgan fingerprint density at radius 1 is 1.19 bits per heavy atom. The van der Waals surface area contributed by atoms with Gasteiger partial charge in [-0.15, -0.1) is 11.6 Å². The van der Waals surface area contributed by atoms with E-state index in [2.05, 4.69) is 9.88 Å². The summed E-state index contributed by atoms with van der Waals surface area (Å²) < 4.78 is 26.5. The lowest BCUT2D eigenvalue weighted by Gasteiger charge is -2.21. The SMILES string of the molecule is O=S(=O)(CCc1ccccn1)N1CCCN(CCCl)CC1. The van der Waals surface area contributed by atoms with Gasteiger partial charge < -0.3 is 4.90 Å². The highest BCUT2D eigenvalue weighted by molar-refractivity contribution is 7.89. The second-order valence-corrected chi connectivity index (χ2v) is 7.64. The summed E-state index contributed by atoms with van der Waals surface area (Å²) in [5.74, 6) is 0.714.